The van der Waals surface area contributed by atoms with Gasteiger partial charge in [-0.05, 0) is 37.8 Å². The molecule has 5 nitrogen and oxygen atoms in total. The maximum absolute atomic E-state index is 12.3. The molecule has 0 fully saturated rings. The fraction of sp³-hybridized carbons (Fsp3) is 0.429. The molecule has 2 rings (SSSR count). The third-order valence-corrected chi connectivity index (χ3v) is 3.57. The first kappa shape index (κ1) is 21.3. The molecule has 2 unspecified atom stereocenters. The predicted molar refractivity (Wildman–Crippen MR) is 101 cm³/mol. The molecule has 0 bridgehead atoms. The van der Waals surface area contributed by atoms with Crippen LogP contribution in [0.25, 0.3) is 0 Å². The van der Waals surface area contributed by atoms with Crippen LogP contribution < -0.4 is 0 Å². The highest BCUT2D eigenvalue weighted by Gasteiger charge is 2.32. The zero-order valence-corrected chi connectivity index (χ0v) is 16.0. The Morgan fingerprint density at radius 1 is 1.31 bits per heavy atom. The highest BCUT2D eigenvalue weighted by molar-refractivity contribution is 5.70. The van der Waals surface area contributed by atoms with Crippen LogP contribution in [0.1, 0.15) is 51.3 Å². The number of aryl methyl sites for hydroxylation is 1. The van der Waals surface area contributed by atoms with E-state index >= 15 is 0 Å². The molecule has 0 spiro atoms. The monoisotopic (exact) mass is 357 g/mol. The lowest BCUT2D eigenvalue weighted by Gasteiger charge is -2.28. The van der Waals surface area contributed by atoms with E-state index in [1.165, 1.54) is 29.9 Å². The van der Waals surface area contributed by atoms with Crippen LogP contribution in [0.2, 0.25) is 0 Å². The highest BCUT2D eigenvalue weighted by atomic mass is 16.7. The summed E-state index contributed by atoms with van der Waals surface area (Å²) in [6, 6.07) is 7.87. The summed E-state index contributed by atoms with van der Waals surface area (Å²) < 4.78 is 9.97. The number of carbonyl (C=O) groups is 2. The summed E-state index contributed by atoms with van der Waals surface area (Å²) in [5, 5.41) is 0. The quantitative estimate of drug-likeness (QED) is 0.350. The maximum Gasteiger partial charge on any atom is 0.414 e. The topological polar surface area (TPSA) is 55.8 Å². The molecule has 5 heteroatoms. The smallest absolute Gasteiger partial charge is 0.414 e. The minimum absolute atomic E-state index is 0.107. The summed E-state index contributed by atoms with van der Waals surface area (Å²) in [6.45, 7) is 10.4. The molecule has 2 atom stereocenters. The van der Waals surface area contributed by atoms with Crippen molar-refractivity contribution >= 4 is 12.1 Å². The number of amides is 1. The van der Waals surface area contributed by atoms with Gasteiger partial charge in [-0.3, -0.25) is 9.69 Å². The van der Waals surface area contributed by atoms with Gasteiger partial charge in [0, 0.05) is 13.8 Å². The Bertz CT molecular complexity index is 685. The van der Waals surface area contributed by atoms with Crippen molar-refractivity contribution in [2.45, 2.75) is 52.9 Å². The van der Waals surface area contributed by atoms with Gasteiger partial charge in [0.05, 0.1) is 12.6 Å². The number of allylic oxidation sites excluding steroid dienone is 1. The molecular weight excluding hydrogens is 330 g/mol. The number of fused-ring (bicyclic) bond motifs is 1. The standard InChI is InChI=1S/C17H19NO4.C4H8/c1-4-11-18(17(20)22-13(3)21-12(2)19)16-10-9-14-7-5-6-8-15(14)16;1-4(2)3/h1,5-8,13,16H,9-11H2,2-3H3;1H2,2-3H3. The van der Waals surface area contributed by atoms with Gasteiger partial charge in [0.2, 0.25) is 6.29 Å². The van der Waals surface area contributed by atoms with E-state index in [0.29, 0.717) is 0 Å². The van der Waals surface area contributed by atoms with Crippen LogP contribution in [0, 0.1) is 12.3 Å². The normalized spacial score (nSPS) is 15.4. The van der Waals surface area contributed by atoms with E-state index in [2.05, 4.69) is 18.6 Å². The molecule has 0 radical (unpaired) electrons. The molecule has 1 aliphatic rings. The number of carbonyl (C=O) groups excluding carboxylic acids is 2. The average molecular weight is 357 g/mol. The number of benzene rings is 1. The first-order chi connectivity index (χ1) is 12.3. The Morgan fingerprint density at radius 3 is 2.50 bits per heavy atom. The van der Waals surface area contributed by atoms with Gasteiger partial charge in [-0.15, -0.1) is 13.0 Å². The number of hydrogen-bond donors (Lipinski definition) is 0. The second-order valence-corrected chi connectivity index (χ2v) is 6.35. The van der Waals surface area contributed by atoms with Crippen molar-refractivity contribution in [1.29, 1.82) is 0 Å². The predicted octanol–water partition coefficient (Wildman–Crippen LogP) is 4.24. The van der Waals surface area contributed by atoms with Gasteiger partial charge in [-0.2, -0.15) is 0 Å². The zero-order valence-electron chi connectivity index (χ0n) is 16.0. The van der Waals surface area contributed by atoms with Crippen LogP contribution in [0.5, 0.6) is 0 Å². The molecule has 1 aliphatic carbocycles. The van der Waals surface area contributed by atoms with Gasteiger partial charge in [0.15, 0.2) is 0 Å². The molecule has 0 aromatic heterocycles. The fourth-order valence-electron chi connectivity index (χ4n) is 2.73. The van der Waals surface area contributed by atoms with E-state index in [4.69, 9.17) is 15.9 Å². The first-order valence-corrected chi connectivity index (χ1v) is 8.54. The maximum atomic E-state index is 12.3. The van der Waals surface area contributed by atoms with Gasteiger partial charge in [0.25, 0.3) is 0 Å². The van der Waals surface area contributed by atoms with E-state index < -0.39 is 18.4 Å². The van der Waals surface area contributed by atoms with Crippen LogP contribution in [-0.2, 0) is 20.7 Å². The van der Waals surface area contributed by atoms with Crippen LogP contribution in [0.4, 0.5) is 4.79 Å². The summed E-state index contributed by atoms with van der Waals surface area (Å²) in [4.78, 5) is 24.7. The SMILES string of the molecule is C#CCN(C(=O)OC(C)OC(C)=O)C1CCc2ccccc21.C=C(C)C. The van der Waals surface area contributed by atoms with Gasteiger partial charge in [0.1, 0.15) is 0 Å². The second-order valence-electron chi connectivity index (χ2n) is 6.35. The van der Waals surface area contributed by atoms with Crippen molar-refractivity contribution in [3.8, 4) is 12.3 Å². The average Bonchev–Trinajstić information content (AvgIpc) is 2.94. The summed E-state index contributed by atoms with van der Waals surface area (Å²) in [7, 11) is 0. The van der Waals surface area contributed by atoms with Crippen molar-refractivity contribution in [2.75, 3.05) is 6.54 Å². The summed E-state index contributed by atoms with van der Waals surface area (Å²) >= 11 is 0. The lowest BCUT2D eigenvalue weighted by atomic mass is 10.1. The lowest BCUT2D eigenvalue weighted by Crippen LogP contribution is -2.37. The molecule has 0 saturated carbocycles. The van der Waals surface area contributed by atoms with Crippen molar-refractivity contribution < 1.29 is 19.1 Å². The zero-order chi connectivity index (χ0) is 19.7. The van der Waals surface area contributed by atoms with Gasteiger partial charge < -0.3 is 9.47 Å². The van der Waals surface area contributed by atoms with Crippen molar-refractivity contribution in [3.05, 3.63) is 47.5 Å². The Hall–Kier alpha value is -2.74. The molecule has 1 amide bonds. The van der Waals surface area contributed by atoms with Crippen LogP contribution in [0.3, 0.4) is 0 Å². The third kappa shape index (κ3) is 6.64. The molecule has 1 aromatic rings. The molecule has 0 heterocycles. The molecule has 0 aliphatic heterocycles. The van der Waals surface area contributed by atoms with Gasteiger partial charge >= 0.3 is 12.1 Å². The summed E-state index contributed by atoms with van der Waals surface area (Å²) in [5.74, 6) is 1.98. The molecular formula is C21H27NO4. The number of terminal acetylenes is 1. The van der Waals surface area contributed by atoms with E-state index in [1.54, 1.807) is 0 Å². The molecule has 0 N–H and O–H groups in total. The Kier molecular flexibility index (Phi) is 8.44. The Morgan fingerprint density at radius 2 is 1.92 bits per heavy atom. The lowest BCUT2D eigenvalue weighted by molar-refractivity contribution is -0.163. The number of esters is 1. The molecule has 0 saturated heterocycles. The van der Waals surface area contributed by atoms with Crippen molar-refractivity contribution in [2.24, 2.45) is 0 Å². The van der Waals surface area contributed by atoms with Gasteiger partial charge in [-0.25, -0.2) is 4.79 Å². The number of rotatable bonds is 4. The number of hydrogen-bond acceptors (Lipinski definition) is 4. The fourth-order valence-corrected chi connectivity index (χ4v) is 2.73. The summed E-state index contributed by atoms with van der Waals surface area (Å²) in [6.07, 6.45) is 5.56. The second kappa shape index (κ2) is 10.3. The minimum atomic E-state index is -0.943. The van der Waals surface area contributed by atoms with Crippen LogP contribution in [0.15, 0.2) is 36.4 Å². The third-order valence-electron chi connectivity index (χ3n) is 3.57. The first-order valence-electron chi connectivity index (χ1n) is 8.54. The van der Waals surface area contributed by atoms with E-state index in [9.17, 15) is 9.59 Å². The van der Waals surface area contributed by atoms with E-state index in [0.717, 1.165) is 18.4 Å². The molecule has 1 aromatic carbocycles. The summed E-state index contributed by atoms with van der Waals surface area (Å²) in [5.41, 5.74) is 3.48. The van der Waals surface area contributed by atoms with E-state index in [1.807, 2.05) is 32.0 Å². The molecule has 140 valence electrons. The largest absolute Gasteiger partial charge is 0.426 e. The van der Waals surface area contributed by atoms with E-state index in [-0.39, 0.29) is 12.6 Å². The van der Waals surface area contributed by atoms with Crippen molar-refractivity contribution in [3.63, 3.8) is 0 Å². The highest BCUT2D eigenvalue weighted by Crippen LogP contribution is 2.35. The van der Waals surface area contributed by atoms with Crippen LogP contribution >= 0.6 is 0 Å². The van der Waals surface area contributed by atoms with Crippen LogP contribution in [-0.4, -0.2) is 29.8 Å². The number of ether oxygens (including phenoxy) is 2. The van der Waals surface area contributed by atoms with Crippen molar-refractivity contribution in [1.82, 2.24) is 4.90 Å². The Labute approximate surface area is 156 Å². The minimum Gasteiger partial charge on any atom is -0.426 e. The van der Waals surface area contributed by atoms with Gasteiger partial charge in [-0.1, -0.05) is 35.8 Å². The Balaban J connectivity index is 0.000000765. The number of nitrogens with zero attached hydrogens (tertiary/aromatic N) is 1. The molecule has 26 heavy (non-hydrogen) atoms.